The van der Waals surface area contributed by atoms with E-state index in [-0.39, 0.29) is 30.0 Å². The number of aryl methyl sites for hydroxylation is 1. The molecule has 176 valence electrons. The van der Waals surface area contributed by atoms with Gasteiger partial charge in [0.15, 0.2) is 11.8 Å². The first kappa shape index (κ1) is 24.9. The van der Waals surface area contributed by atoms with Crippen LogP contribution in [0.4, 0.5) is 0 Å². The molecule has 2 N–H and O–H groups in total. The van der Waals surface area contributed by atoms with Crippen LogP contribution >= 0.6 is 24.0 Å². The number of nitrogens with one attached hydrogen (secondary N) is 2. The molecule has 0 amide bonds. The van der Waals surface area contributed by atoms with Crippen molar-refractivity contribution < 1.29 is 4.74 Å². The van der Waals surface area contributed by atoms with Gasteiger partial charge >= 0.3 is 0 Å². The SMILES string of the molecule is CCC(CNC(=NC)NC1CCc2nc(COC)nn2C1)N1CCc2ccccc2C1.I. The lowest BCUT2D eigenvalue weighted by Gasteiger charge is -2.35. The Bertz CT molecular complexity index is 900. The van der Waals surface area contributed by atoms with E-state index in [1.165, 1.54) is 11.1 Å². The van der Waals surface area contributed by atoms with E-state index in [2.05, 4.69) is 61.8 Å². The number of methoxy groups -OCH3 is 1. The summed E-state index contributed by atoms with van der Waals surface area (Å²) in [6, 6.07) is 9.60. The first-order valence-corrected chi connectivity index (χ1v) is 11.4. The predicted octanol–water partition coefficient (Wildman–Crippen LogP) is 2.36. The summed E-state index contributed by atoms with van der Waals surface area (Å²) in [5.74, 6) is 2.67. The van der Waals surface area contributed by atoms with Crippen LogP contribution in [-0.2, 0) is 37.3 Å². The topological polar surface area (TPSA) is 79.6 Å². The van der Waals surface area contributed by atoms with Crippen LogP contribution in [0.15, 0.2) is 29.3 Å². The molecule has 2 atom stereocenters. The van der Waals surface area contributed by atoms with Crippen LogP contribution in [0.3, 0.4) is 0 Å². The van der Waals surface area contributed by atoms with Gasteiger partial charge in [-0.25, -0.2) is 9.67 Å². The number of aliphatic imine (C=N–C) groups is 1. The number of hydrogen-bond acceptors (Lipinski definition) is 5. The van der Waals surface area contributed by atoms with E-state index in [0.717, 1.165) is 69.5 Å². The highest BCUT2D eigenvalue weighted by molar-refractivity contribution is 14.0. The van der Waals surface area contributed by atoms with Gasteiger partial charge in [-0.1, -0.05) is 31.2 Å². The number of nitrogens with zero attached hydrogens (tertiary/aromatic N) is 5. The first-order valence-electron chi connectivity index (χ1n) is 11.4. The lowest BCUT2D eigenvalue weighted by atomic mass is 9.98. The molecule has 0 spiro atoms. The highest BCUT2D eigenvalue weighted by atomic mass is 127. The summed E-state index contributed by atoms with van der Waals surface area (Å²) in [4.78, 5) is 11.6. The second-order valence-electron chi connectivity index (χ2n) is 8.44. The second-order valence-corrected chi connectivity index (χ2v) is 8.44. The number of hydrogen-bond donors (Lipinski definition) is 2. The van der Waals surface area contributed by atoms with E-state index >= 15 is 0 Å². The Labute approximate surface area is 208 Å². The van der Waals surface area contributed by atoms with Crippen molar-refractivity contribution in [3.05, 3.63) is 47.0 Å². The third kappa shape index (κ3) is 5.99. The molecule has 0 fully saturated rings. The fourth-order valence-corrected chi connectivity index (χ4v) is 4.63. The molecule has 2 aliphatic heterocycles. The molecule has 1 aromatic heterocycles. The zero-order valence-corrected chi connectivity index (χ0v) is 21.7. The fourth-order valence-electron chi connectivity index (χ4n) is 4.63. The summed E-state index contributed by atoms with van der Waals surface area (Å²) in [5, 5.41) is 11.7. The molecule has 0 saturated carbocycles. The predicted molar refractivity (Wildman–Crippen MR) is 137 cm³/mol. The molecule has 0 bridgehead atoms. The molecule has 0 aliphatic carbocycles. The third-order valence-corrected chi connectivity index (χ3v) is 6.39. The van der Waals surface area contributed by atoms with E-state index in [1.807, 2.05) is 11.7 Å². The first-order chi connectivity index (χ1) is 15.2. The summed E-state index contributed by atoms with van der Waals surface area (Å²) < 4.78 is 7.16. The van der Waals surface area contributed by atoms with Crippen LogP contribution in [0.25, 0.3) is 0 Å². The molecule has 9 heteroatoms. The van der Waals surface area contributed by atoms with Gasteiger partial charge in [0.1, 0.15) is 12.4 Å². The monoisotopic (exact) mass is 553 g/mol. The van der Waals surface area contributed by atoms with E-state index in [1.54, 1.807) is 7.11 Å². The van der Waals surface area contributed by atoms with Gasteiger partial charge < -0.3 is 15.4 Å². The molecule has 2 aliphatic rings. The van der Waals surface area contributed by atoms with Crippen molar-refractivity contribution in [3.8, 4) is 0 Å². The number of benzene rings is 1. The maximum absolute atomic E-state index is 5.16. The van der Waals surface area contributed by atoms with Gasteiger partial charge in [0.25, 0.3) is 0 Å². The maximum atomic E-state index is 5.16. The number of ether oxygens (including phenoxy) is 1. The van der Waals surface area contributed by atoms with Gasteiger partial charge in [-0.2, -0.15) is 5.10 Å². The van der Waals surface area contributed by atoms with Crippen LogP contribution in [0.5, 0.6) is 0 Å². The fraction of sp³-hybridized carbons (Fsp3) is 0.609. The third-order valence-electron chi connectivity index (χ3n) is 6.39. The van der Waals surface area contributed by atoms with Crippen molar-refractivity contribution in [2.24, 2.45) is 4.99 Å². The molecule has 3 heterocycles. The number of rotatable bonds is 7. The van der Waals surface area contributed by atoms with Crippen LogP contribution in [0, 0.1) is 0 Å². The maximum Gasteiger partial charge on any atom is 0.191 e. The number of aromatic nitrogens is 3. The normalized spacial score (nSPS) is 19.5. The van der Waals surface area contributed by atoms with Crippen molar-refractivity contribution in [3.63, 3.8) is 0 Å². The standard InChI is InChI=1S/C23H35N7O.HI/c1-4-20(29-12-11-17-7-5-6-8-18(17)14-29)13-25-23(24-2)26-19-9-10-22-27-21(16-31-3)28-30(22)15-19;/h5-8,19-20H,4,9-16H2,1-3H3,(H2,24,25,26);1H. The highest BCUT2D eigenvalue weighted by Crippen LogP contribution is 2.21. The van der Waals surface area contributed by atoms with Crippen molar-refractivity contribution in [1.29, 1.82) is 0 Å². The molecule has 2 aromatic rings. The van der Waals surface area contributed by atoms with Gasteiger partial charge in [-0.15, -0.1) is 24.0 Å². The Morgan fingerprint density at radius 1 is 1.28 bits per heavy atom. The Balaban J connectivity index is 0.00000289. The Kier molecular flexibility index (Phi) is 9.30. The van der Waals surface area contributed by atoms with E-state index in [0.29, 0.717) is 12.6 Å². The molecular weight excluding hydrogens is 517 g/mol. The van der Waals surface area contributed by atoms with Gasteiger partial charge in [0.05, 0.1) is 6.54 Å². The molecular formula is C23H36IN7O. The van der Waals surface area contributed by atoms with Gasteiger partial charge in [0.2, 0.25) is 0 Å². The molecule has 8 nitrogen and oxygen atoms in total. The number of fused-ring (bicyclic) bond motifs is 2. The largest absolute Gasteiger partial charge is 0.377 e. The van der Waals surface area contributed by atoms with Crippen molar-refractivity contribution in [1.82, 2.24) is 30.3 Å². The molecule has 2 unspecified atom stereocenters. The molecule has 1 aromatic carbocycles. The quantitative estimate of drug-likeness (QED) is 0.312. The van der Waals surface area contributed by atoms with Gasteiger partial charge in [-0.05, 0) is 30.4 Å². The van der Waals surface area contributed by atoms with E-state index < -0.39 is 0 Å². The highest BCUT2D eigenvalue weighted by Gasteiger charge is 2.24. The minimum Gasteiger partial charge on any atom is -0.377 e. The minimum absolute atomic E-state index is 0. The van der Waals surface area contributed by atoms with Crippen molar-refractivity contribution in [2.45, 2.75) is 64.4 Å². The Morgan fingerprint density at radius 2 is 2.09 bits per heavy atom. The van der Waals surface area contributed by atoms with Crippen LogP contribution < -0.4 is 10.6 Å². The van der Waals surface area contributed by atoms with Crippen LogP contribution in [0.1, 0.15) is 42.5 Å². The lowest BCUT2D eigenvalue weighted by Crippen LogP contribution is -2.51. The molecule has 0 saturated heterocycles. The zero-order chi connectivity index (χ0) is 21.6. The average molecular weight is 553 g/mol. The average Bonchev–Trinajstić information content (AvgIpc) is 3.20. The Morgan fingerprint density at radius 3 is 2.84 bits per heavy atom. The Hall–Kier alpha value is -1.72. The van der Waals surface area contributed by atoms with Crippen LogP contribution in [-0.4, -0.2) is 65.0 Å². The van der Waals surface area contributed by atoms with E-state index in [4.69, 9.17) is 4.74 Å². The number of halogens is 1. The second kappa shape index (κ2) is 11.9. The van der Waals surface area contributed by atoms with E-state index in [9.17, 15) is 0 Å². The van der Waals surface area contributed by atoms with Crippen molar-refractivity contribution in [2.75, 3.05) is 27.2 Å². The zero-order valence-electron chi connectivity index (χ0n) is 19.4. The summed E-state index contributed by atoms with van der Waals surface area (Å²) in [7, 11) is 3.51. The van der Waals surface area contributed by atoms with Crippen LogP contribution in [0.2, 0.25) is 0 Å². The van der Waals surface area contributed by atoms with Crippen molar-refractivity contribution >= 4 is 29.9 Å². The summed E-state index contributed by atoms with van der Waals surface area (Å²) in [5.41, 5.74) is 2.96. The van der Waals surface area contributed by atoms with Gasteiger partial charge in [-0.3, -0.25) is 9.89 Å². The number of guanidine groups is 1. The molecule has 32 heavy (non-hydrogen) atoms. The van der Waals surface area contributed by atoms with Gasteiger partial charge in [0, 0.05) is 52.3 Å². The smallest absolute Gasteiger partial charge is 0.191 e. The molecule has 4 rings (SSSR count). The lowest BCUT2D eigenvalue weighted by molar-refractivity contribution is 0.174. The summed E-state index contributed by atoms with van der Waals surface area (Å²) >= 11 is 0. The summed E-state index contributed by atoms with van der Waals surface area (Å²) in [6.07, 6.45) is 4.18. The minimum atomic E-state index is 0. The summed E-state index contributed by atoms with van der Waals surface area (Å²) in [6.45, 7) is 6.56. The molecule has 0 radical (unpaired) electrons.